The highest BCUT2D eigenvalue weighted by Gasteiger charge is 2.45. The van der Waals surface area contributed by atoms with E-state index in [2.05, 4.69) is 38.8 Å². The third kappa shape index (κ3) is 4.33. The Labute approximate surface area is 154 Å². The topological polar surface area (TPSA) is 99.4 Å². The van der Waals surface area contributed by atoms with Gasteiger partial charge in [0.05, 0.1) is 6.10 Å². The molecule has 1 aromatic heterocycles. The average Bonchev–Trinajstić information content (AvgIpc) is 2.82. The Morgan fingerprint density at radius 3 is 2.58 bits per heavy atom. The van der Waals surface area contributed by atoms with E-state index in [0.717, 1.165) is 0 Å². The number of aromatic nitrogens is 2. The second-order valence-electron chi connectivity index (χ2n) is 8.38. The normalized spacial score (nSPS) is 24.9. The maximum absolute atomic E-state index is 12.2. The van der Waals surface area contributed by atoms with Crippen LogP contribution in [0.15, 0.2) is 15.8 Å². The summed E-state index contributed by atoms with van der Waals surface area (Å²) in [7, 11) is -0.707. The monoisotopic (exact) mass is 383 g/mol. The zero-order valence-electron chi connectivity index (χ0n) is 16.5. The van der Waals surface area contributed by atoms with Crippen molar-refractivity contribution in [3.8, 4) is 0 Å². The van der Waals surface area contributed by atoms with Crippen LogP contribution in [-0.4, -0.2) is 48.1 Å². The number of nitrogens with zero attached hydrogens (tertiary/aromatic N) is 2. The SMILES string of the molecule is Cc1cn(C2CC(O[Si](C)(C)C(C)(C)C)C(/C=[N+](/C)[O-])O2)c(=O)[nH]c1=O. The molecule has 0 radical (unpaired) electrons. The van der Waals surface area contributed by atoms with Gasteiger partial charge in [0.2, 0.25) is 0 Å². The van der Waals surface area contributed by atoms with E-state index in [-0.39, 0.29) is 11.1 Å². The molecular formula is C17H29N3O5Si. The lowest BCUT2D eigenvalue weighted by Gasteiger charge is -2.38. The predicted octanol–water partition coefficient (Wildman–Crippen LogP) is 1.73. The van der Waals surface area contributed by atoms with Gasteiger partial charge in [0, 0.05) is 18.2 Å². The summed E-state index contributed by atoms with van der Waals surface area (Å²) in [6, 6.07) is 0. The number of aromatic amines is 1. The summed E-state index contributed by atoms with van der Waals surface area (Å²) in [4.78, 5) is 26.1. The first kappa shape index (κ1) is 20.6. The van der Waals surface area contributed by atoms with Crippen molar-refractivity contribution in [3.63, 3.8) is 0 Å². The van der Waals surface area contributed by atoms with Gasteiger partial charge in [-0.15, -0.1) is 0 Å². The second-order valence-corrected chi connectivity index (χ2v) is 13.1. The Morgan fingerprint density at radius 1 is 1.42 bits per heavy atom. The van der Waals surface area contributed by atoms with Crippen molar-refractivity contribution >= 4 is 14.5 Å². The largest absolute Gasteiger partial charge is 0.624 e. The van der Waals surface area contributed by atoms with Gasteiger partial charge in [0.25, 0.3) is 5.56 Å². The molecule has 0 aliphatic carbocycles. The molecule has 146 valence electrons. The minimum absolute atomic E-state index is 0.00438. The van der Waals surface area contributed by atoms with Gasteiger partial charge in [-0.3, -0.25) is 14.3 Å². The van der Waals surface area contributed by atoms with Crippen LogP contribution in [-0.2, 0) is 9.16 Å². The highest BCUT2D eigenvalue weighted by molar-refractivity contribution is 6.74. The Kier molecular flexibility index (Phi) is 5.65. The van der Waals surface area contributed by atoms with Crippen molar-refractivity contribution in [1.29, 1.82) is 0 Å². The molecule has 0 spiro atoms. The number of H-pyrrole nitrogens is 1. The van der Waals surface area contributed by atoms with E-state index >= 15 is 0 Å². The molecule has 1 aromatic rings. The maximum Gasteiger partial charge on any atom is 0.330 e. The van der Waals surface area contributed by atoms with E-state index in [0.29, 0.717) is 16.7 Å². The van der Waals surface area contributed by atoms with E-state index in [4.69, 9.17) is 9.16 Å². The van der Waals surface area contributed by atoms with E-state index in [1.165, 1.54) is 24.0 Å². The van der Waals surface area contributed by atoms with Crippen molar-refractivity contribution in [1.82, 2.24) is 9.55 Å². The standard InChI is InChI=1S/C17H29N3O5Si/c1-11-9-20(16(22)18-15(11)21)14-8-12(13(24-14)10-19(5)23)25-26(6,7)17(2,3)4/h9-10,12-14H,8H2,1-7H3,(H,18,21,22)/b19-10-. The van der Waals surface area contributed by atoms with Gasteiger partial charge in [-0.2, -0.15) is 0 Å². The van der Waals surface area contributed by atoms with Crippen LogP contribution in [0.1, 0.15) is 39.0 Å². The number of hydrogen-bond acceptors (Lipinski definition) is 5. The molecule has 1 aliphatic rings. The lowest BCUT2D eigenvalue weighted by atomic mass is 10.2. The highest BCUT2D eigenvalue weighted by Crippen LogP contribution is 2.40. The number of hydrogen-bond donors (Lipinski definition) is 1. The molecule has 8 nitrogen and oxygen atoms in total. The van der Waals surface area contributed by atoms with Crippen LogP contribution in [0.25, 0.3) is 0 Å². The minimum Gasteiger partial charge on any atom is -0.624 e. The van der Waals surface area contributed by atoms with Gasteiger partial charge < -0.3 is 14.4 Å². The predicted molar refractivity (Wildman–Crippen MR) is 102 cm³/mol. The van der Waals surface area contributed by atoms with Crippen LogP contribution >= 0.6 is 0 Å². The van der Waals surface area contributed by atoms with E-state index in [9.17, 15) is 14.8 Å². The third-order valence-corrected chi connectivity index (χ3v) is 9.68. The molecule has 0 bridgehead atoms. The lowest BCUT2D eigenvalue weighted by molar-refractivity contribution is -0.421. The van der Waals surface area contributed by atoms with Crippen molar-refractivity contribution < 1.29 is 13.9 Å². The molecular weight excluding hydrogens is 354 g/mol. The molecule has 0 amide bonds. The highest BCUT2D eigenvalue weighted by atomic mass is 28.4. The number of aryl methyl sites for hydroxylation is 1. The fraction of sp³-hybridized carbons (Fsp3) is 0.706. The molecule has 0 saturated carbocycles. The number of nitrogens with one attached hydrogen (secondary N) is 1. The van der Waals surface area contributed by atoms with Crippen LogP contribution in [0.2, 0.25) is 18.1 Å². The van der Waals surface area contributed by atoms with Gasteiger partial charge >= 0.3 is 5.69 Å². The average molecular weight is 384 g/mol. The number of hydroxylamine groups is 1. The van der Waals surface area contributed by atoms with Crippen LogP contribution in [0.3, 0.4) is 0 Å². The van der Waals surface area contributed by atoms with Crippen LogP contribution < -0.4 is 11.2 Å². The van der Waals surface area contributed by atoms with Crippen molar-refractivity contribution in [2.24, 2.45) is 0 Å². The second kappa shape index (κ2) is 7.13. The van der Waals surface area contributed by atoms with Gasteiger partial charge in [-0.05, 0) is 25.1 Å². The summed E-state index contributed by atoms with van der Waals surface area (Å²) >= 11 is 0. The van der Waals surface area contributed by atoms with Gasteiger partial charge in [0.15, 0.2) is 20.6 Å². The van der Waals surface area contributed by atoms with Gasteiger partial charge in [-0.25, -0.2) is 9.53 Å². The Hall–Kier alpha value is -1.71. The van der Waals surface area contributed by atoms with Gasteiger partial charge in [-0.1, -0.05) is 20.8 Å². The fourth-order valence-corrected chi connectivity index (χ4v) is 3.99. The molecule has 2 rings (SSSR count). The molecule has 0 aromatic carbocycles. The van der Waals surface area contributed by atoms with Crippen LogP contribution in [0, 0.1) is 12.1 Å². The lowest BCUT2D eigenvalue weighted by Crippen LogP contribution is -2.46. The van der Waals surface area contributed by atoms with Crippen molar-refractivity contribution in [2.45, 2.75) is 70.7 Å². The first-order valence-corrected chi connectivity index (χ1v) is 11.6. The summed E-state index contributed by atoms with van der Waals surface area (Å²) in [5.41, 5.74) is -0.531. The van der Waals surface area contributed by atoms with E-state index < -0.39 is 31.9 Å². The molecule has 3 atom stereocenters. The first-order valence-electron chi connectivity index (χ1n) is 8.72. The van der Waals surface area contributed by atoms with E-state index in [1.807, 2.05) is 0 Å². The van der Waals surface area contributed by atoms with Crippen molar-refractivity contribution in [3.05, 3.63) is 37.8 Å². The fourth-order valence-electron chi connectivity index (χ4n) is 2.65. The summed E-state index contributed by atoms with van der Waals surface area (Å²) < 4.78 is 14.4. The summed E-state index contributed by atoms with van der Waals surface area (Å²) in [5.74, 6) is 0. The molecule has 2 heterocycles. The molecule has 1 fully saturated rings. The smallest absolute Gasteiger partial charge is 0.330 e. The van der Waals surface area contributed by atoms with E-state index in [1.54, 1.807) is 6.92 Å². The molecule has 1 N–H and O–H groups in total. The van der Waals surface area contributed by atoms with Gasteiger partial charge in [0.1, 0.15) is 13.3 Å². The Bertz CT molecular complexity index is 802. The zero-order valence-corrected chi connectivity index (χ0v) is 17.5. The molecule has 1 saturated heterocycles. The Balaban J connectivity index is 2.35. The molecule has 3 unspecified atom stereocenters. The zero-order chi connectivity index (χ0) is 19.9. The summed E-state index contributed by atoms with van der Waals surface area (Å²) in [6.45, 7) is 12.3. The number of rotatable bonds is 4. The van der Waals surface area contributed by atoms with Crippen LogP contribution in [0.5, 0.6) is 0 Å². The quantitative estimate of drug-likeness (QED) is 0.281. The van der Waals surface area contributed by atoms with Crippen molar-refractivity contribution in [2.75, 3.05) is 7.05 Å². The summed E-state index contributed by atoms with van der Waals surface area (Å²) in [5, 5.41) is 11.5. The number of ether oxygens (including phenoxy) is 1. The molecule has 9 heteroatoms. The van der Waals surface area contributed by atoms with Crippen LogP contribution in [0.4, 0.5) is 0 Å². The minimum atomic E-state index is -2.09. The Morgan fingerprint density at radius 2 is 2.04 bits per heavy atom. The molecule has 26 heavy (non-hydrogen) atoms. The first-order chi connectivity index (χ1) is 11.8. The molecule has 1 aliphatic heterocycles. The maximum atomic E-state index is 12.2. The summed E-state index contributed by atoms with van der Waals surface area (Å²) in [6.07, 6.45) is 1.83. The third-order valence-electron chi connectivity index (χ3n) is 5.18.